The first-order valence-electron chi connectivity index (χ1n) is 5.85. The molecule has 1 aliphatic rings. The minimum absolute atomic E-state index is 0.626. The average molecular weight is 277 g/mol. The van der Waals surface area contributed by atoms with Gasteiger partial charge in [-0.15, -0.1) is 11.8 Å². The van der Waals surface area contributed by atoms with E-state index in [-0.39, 0.29) is 0 Å². The molecule has 2 aromatic rings. The van der Waals surface area contributed by atoms with Crippen molar-refractivity contribution in [2.45, 2.75) is 23.7 Å². The van der Waals surface area contributed by atoms with Crippen LogP contribution in [0.15, 0.2) is 41.3 Å². The predicted molar refractivity (Wildman–Crippen MR) is 76.3 cm³/mol. The Balaban J connectivity index is 2.22. The van der Waals surface area contributed by atoms with Crippen molar-refractivity contribution in [3.05, 3.63) is 63.7 Å². The Morgan fingerprint density at radius 2 is 2.06 bits per heavy atom. The van der Waals surface area contributed by atoms with Gasteiger partial charge in [0.15, 0.2) is 0 Å². The highest BCUT2D eigenvalue weighted by Gasteiger charge is 2.24. The number of benzene rings is 2. The molecule has 0 aliphatic carbocycles. The van der Waals surface area contributed by atoms with Gasteiger partial charge in [0, 0.05) is 21.2 Å². The van der Waals surface area contributed by atoms with Crippen LogP contribution in [0, 0.1) is 6.92 Å². The Bertz CT molecular complexity index is 609. The molecule has 0 spiro atoms. The van der Waals surface area contributed by atoms with E-state index in [0.717, 1.165) is 27.3 Å². The highest BCUT2D eigenvalue weighted by molar-refractivity contribution is 7.98. The standard InChI is InChI=1S/C15H13ClOS/c1-9-6-12(16)14-13(7-9)18-8-10-4-2-3-5-11(10)15(14)17/h2-7,15,17H,8H2,1H3. The Labute approximate surface area is 116 Å². The van der Waals surface area contributed by atoms with Crippen molar-refractivity contribution in [2.24, 2.45) is 0 Å². The van der Waals surface area contributed by atoms with Gasteiger partial charge in [0.2, 0.25) is 0 Å². The zero-order valence-electron chi connectivity index (χ0n) is 9.98. The number of aliphatic hydroxyl groups is 1. The molecule has 1 N–H and O–H groups in total. The summed E-state index contributed by atoms with van der Waals surface area (Å²) in [6.07, 6.45) is -0.626. The van der Waals surface area contributed by atoms with Crippen molar-refractivity contribution in [3.8, 4) is 0 Å². The number of fused-ring (bicyclic) bond motifs is 2. The van der Waals surface area contributed by atoms with Gasteiger partial charge in [-0.05, 0) is 35.7 Å². The lowest BCUT2D eigenvalue weighted by Crippen LogP contribution is -2.03. The molecular weight excluding hydrogens is 264 g/mol. The van der Waals surface area contributed by atoms with Crippen molar-refractivity contribution in [2.75, 3.05) is 0 Å². The third-order valence-corrected chi connectivity index (χ3v) is 4.66. The first-order valence-corrected chi connectivity index (χ1v) is 7.22. The monoisotopic (exact) mass is 276 g/mol. The van der Waals surface area contributed by atoms with Gasteiger partial charge in [-0.3, -0.25) is 0 Å². The van der Waals surface area contributed by atoms with Crippen LogP contribution in [0.25, 0.3) is 0 Å². The van der Waals surface area contributed by atoms with Crippen LogP contribution >= 0.6 is 23.4 Å². The lowest BCUT2D eigenvalue weighted by atomic mass is 9.97. The third-order valence-electron chi connectivity index (χ3n) is 3.24. The molecule has 0 saturated heterocycles. The van der Waals surface area contributed by atoms with Crippen molar-refractivity contribution in [1.29, 1.82) is 0 Å². The average Bonchev–Trinajstić information content (AvgIpc) is 2.48. The summed E-state index contributed by atoms with van der Waals surface area (Å²) in [6.45, 7) is 2.02. The molecule has 1 nitrogen and oxygen atoms in total. The van der Waals surface area contributed by atoms with Crippen molar-refractivity contribution in [1.82, 2.24) is 0 Å². The predicted octanol–water partition coefficient (Wildman–Crippen LogP) is 4.34. The molecule has 0 saturated carbocycles. The fourth-order valence-corrected chi connectivity index (χ4v) is 4.00. The third kappa shape index (κ3) is 1.95. The molecule has 92 valence electrons. The molecule has 1 unspecified atom stereocenters. The van der Waals surface area contributed by atoms with Crippen molar-refractivity contribution in [3.63, 3.8) is 0 Å². The smallest absolute Gasteiger partial charge is 0.107 e. The van der Waals surface area contributed by atoms with Crippen molar-refractivity contribution < 1.29 is 5.11 Å². The molecule has 0 aromatic heterocycles. The van der Waals surface area contributed by atoms with E-state index >= 15 is 0 Å². The summed E-state index contributed by atoms with van der Waals surface area (Å²) in [7, 11) is 0. The lowest BCUT2D eigenvalue weighted by Gasteiger charge is -2.16. The lowest BCUT2D eigenvalue weighted by molar-refractivity contribution is 0.217. The molecule has 3 rings (SSSR count). The maximum atomic E-state index is 10.6. The Kier molecular flexibility index (Phi) is 3.10. The van der Waals surface area contributed by atoms with E-state index in [1.165, 1.54) is 5.56 Å². The Hall–Kier alpha value is -0.960. The number of rotatable bonds is 0. The molecule has 3 heteroatoms. The van der Waals surface area contributed by atoms with Gasteiger partial charge in [-0.2, -0.15) is 0 Å². The van der Waals surface area contributed by atoms with Gasteiger partial charge in [0.25, 0.3) is 0 Å². The zero-order valence-corrected chi connectivity index (χ0v) is 11.6. The summed E-state index contributed by atoms with van der Waals surface area (Å²) in [5.41, 5.74) is 4.12. The normalized spacial score (nSPS) is 17.8. The van der Waals surface area contributed by atoms with E-state index in [0.29, 0.717) is 5.02 Å². The second kappa shape index (κ2) is 4.61. The first-order chi connectivity index (χ1) is 8.66. The van der Waals surface area contributed by atoms with Crippen LogP contribution in [-0.2, 0) is 5.75 Å². The van der Waals surface area contributed by atoms with Gasteiger partial charge >= 0.3 is 0 Å². The molecule has 1 heterocycles. The van der Waals surface area contributed by atoms with E-state index < -0.39 is 6.10 Å². The van der Waals surface area contributed by atoms with Crippen LogP contribution in [0.1, 0.15) is 28.4 Å². The molecular formula is C15H13ClOS. The number of halogens is 1. The summed E-state index contributed by atoms with van der Waals surface area (Å²) in [6, 6.07) is 12.0. The van der Waals surface area contributed by atoms with E-state index in [1.54, 1.807) is 11.8 Å². The quantitative estimate of drug-likeness (QED) is 0.773. The molecule has 18 heavy (non-hydrogen) atoms. The second-order valence-corrected chi connectivity index (χ2v) is 5.97. The molecule has 1 aliphatic heterocycles. The van der Waals surface area contributed by atoms with Crippen LogP contribution in [0.4, 0.5) is 0 Å². The molecule has 0 radical (unpaired) electrons. The van der Waals surface area contributed by atoms with Crippen LogP contribution < -0.4 is 0 Å². The maximum Gasteiger partial charge on any atom is 0.107 e. The minimum Gasteiger partial charge on any atom is -0.384 e. The van der Waals surface area contributed by atoms with Gasteiger partial charge in [0.05, 0.1) is 0 Å². The SMILES string of the molecule is Cc1cc(Cl)c2c(c1)SCc1ccccc1C2O. The zero-order chi connectivity index (χ0) is 12.7. The Morgan fingerprint density at radius 3 is 2.89 bits per heavy atom. The van der Waals surface area contributed by atoms with Crippen LogP contribution in [0.3, 0.4) is 0 Å². The van der Waals surface area contributed by atoms with Gasteiger partial charge < -0.3 is 5.11 Å². The van der Waals surface area contributed by atoms with Crippen LogP contribution in [0.2, 0.25) is 5.02 Å². The summed E-state index contributed by atoms with van der Waals surface area (Å²) in [5, 5.41) is 11.2. The second-order valence-electron chi connectivity index (χ2n) is 4.55. The highest BCUT2D eigenvalue weighted by Crippen LogP contribution is 2.42. The first kappa shape index (κ1) is 12.1. The summed E-state index contributed by atoms with van der Waals surface area (Å²) < 4.78 is 0. The van der Waals surface area contributed by atoms with Crippen molar-refractivity contribution >= 4 is 23.4 Å². The topological polar surface area (TPSA) is 20.2 Å². The highest BCUT2D eigenvalue weighted by atomic mass is 35.5. The minimum atomic E-state index is -0.626. The maximum absolute atomic E-state index is 10.6. The fraction of sp³-hybridized carbons (Fsp3) is 0.200. The summed E-state index contributed by atoms with van der Waals surface area (Å²) >= 11 is 8.05. The number of thioether (sulfide) groups is 1. The molecule has 1 atom stereocenters. The number of hydrogen-bond donors (Lipinski definition) is 1. The van der Waals surface area contributed by atoms with Crippen LogP contribution in [-0.4, -0.2) is 5.11 Å². The van der Waals surface area contributed by atoms with E-state index in [2.05, 4.69) is 12.1 Å². The van der Waals surface area contributed by atoms with E-state index in [9.17, 15) is 5.11 Å². The molecule has 0 bridgehead atoms. The molecule has 2 aromatic carbocycles. The molecule has 0 fully saturated rings. The number of aryl methyl sites for hydroxylation is 1. The van der Waals surface area contributed by atoms with E-state index in [1.807, 2.05) is 31.2 Å². The van der Waals surface area contributed by atoms with Gasteiger partial charge in [0.1, 0.15) is 6.10 Å². The van der Waals surface area contributed by atoms with Gasteiger partial charge in [-0.25, -0.2) is 0 Å². The summed E-state index contributed by atoms with van der Waals surface area (Å²) in [4.78, 5) is 1.09. The van der Waals surface area contributed by atoms with Gasteiger partial charge in [-0.1, -0.05) is 35.9 Å². The van der Waals surface area contributed by atoms with Crippen LogP contribution in [0.5, 0.6) is 0 Å². The molecule has 0 amide bonds. The number of aliphatic hydroxyl groups excluding tert-OH is 1. The largest absolute Gasteiger partial charge is 0.384 e. The van der Waals surface area contributed by atoms with E-state index in [4.69, 9.17) is 11.6 Å². The Morgan fingerprint density at radius 1 is 1.28 bits per heavy atom. The fourth-order valence-electron chi connectivity index (χ4n) is 2.35. The number of hydrogen-bond acceptors (Lipinski definition) is 2. The summed E-state index contributed by atoms with van der Waals surface area (Å²) in [5.74, 6) is 0.875.